The van der Waals surface area contributed by atoms with E-state index in [1.165, 1.54) is 0 Å². The summed E-state index contributed by atoms with van der Waals surface area (Å²) < 4.78 is 17.6. The third-order valence-corrected chi connectivity index (χ3v) is 6.85. The van der Waals surface area contributed by atoms with Gasteiger partial charge < -0.3 is 14.2 Å². The van der Waals surface area contributed by atoms with Crippen LogP contribution in [-0.4, -0.2) is 19.1 Å². The van der Waals surface area contributed by atoms with Crippen molar-refractivity contribution < 1.29 is 14.2 Å². The van der Waals surface area contributed by atoms with Gasteiger partial charge in [0.15, 0.2) is 10.8 Å². The lowest BCUT2D eigenvalue weighted by molar-refractivity contribution is -0.286. The Morgan fingerprint density at radius 2 is 1.68 bits per heavy atom. The molecule has 2 saturated heterocycles. The van der Waals surface area contributed by atoms with E-state index < -0.39 is 28.6 Å². The molecule has 0 radical (unpaired) electrons. The summed E-state index contributed by atoms with van der Waals surface area (Å²) >= 11 is 0. The number of methoxy groups -OCH3 is 1. The van der Waals surface area contributed by atoms with E-state index in [0.29, 0.717) is 17.7 Å². The number of ether oxygens (including phenoxy) is 3. The summed E-state index contributed by atoms with van der Waals surface area (Å²) in [6.45, 7) is 3.85. The fraction of sp³-hybridized carbons (Fsp3) is 0.583. The van der Waals surface area contributed by atoms with Gasteiger partial charge in [-0.05, 0) is 30.7 Å². The largest absolute Gasteiger partial charge is 0.497 e. The molecule has 2 heterocycles. The Kier molecular flexibility index (Phi) is 6.25. The molecule has 4 unspecified atom stereocenters. The first-order valence-electron chi connectivity index (χ1n) is 10.8. The third kappa shape index (κ3) is 3.06. The van der Waals surface area contributed by atoms with Gasteiger partial charge in [0.05, 0.1) is 37.3 Å². The van der Waals surface area contributed by atoms with Gasteiger partial charge in [0, 0.05) is 5.56 Å². The number of rotatable bonds is 8. The van der Waals surface area contributed by atoms with Crippen molar-refractivity contribution in [2.75, 3.05) is 7.11 Å². The highest BCUT2D eigenvalue weighted by Gasteiger charge is 2.79. The molecule has 2 fully saturated rings. The van der Waals surface area contributed by atoms with Crippen LogP contribution < -0.4 is 4.74 Å². The summed E-state index contributed by atoms with van der Waals surface area (Å²) in [6.07, 6.45) is 4.59. The van der Waals surface area contributed by atoms with Gasteiger partial charge in [-0.2, -0.15) is 15.8 Å². The zero-order chi connectivity index (χ0) is 22.7. The van der Waals surface area contributed by atoms with E-state index in [4.69, 9.17) is 19.6 Å². The summed E-state index contributed by atoms with van der Waals surface area (Å²) in [5.41, 5.74) is -2.92. The number of nitrogens with zero attached hydrogens (tertiary/aromatic N) is 3. The number of fused-ring (bicyclic) bond motifs is 2. The van der Waals surface area contributed by atoms with Crippen LogP contribution in [0.1, 0.15) is 57.9 Å². The highest BCUT2D eigenvalue weighted by Crippen LogP contribution is 2.66. The molecule has 31 heavy (non-hydrogen) atoms. The van der Waals surface area contributed by atoms with E-state index in [1.807, 2.05) is 0 Å². The van der Waals surface area contributed by atoms with Gasteiger partial charge in [-0.25, -0.2) is 0 Å². The summed E-state index contributed by atoms with van der Waals surface area (Å²) in [4.78, 5) is 0. The summed E-state index contributed by atoms with van der Waals surface area (Å²) in [6, 6.07) is 13.4. The molecule has 1 aromatic carbocycles. The van der Waals surface area contributed by atoms with Gasteiger partial charge in [0.25, 0.3) is 0 Å². The number of hydrogen-bond acceptors (Lipinski definition) is 7. The number of nitrogens with one attached hydrogen (secondary N) is 1. The second-order valence-electron chi connectivity index (χ2n) is 8.31. The molecule has 2 bridgehead atoms. The van der Waals surface area contributed by atoms with Crippen molar-refractivity contribution >= 4 is 5.90 Å². The number of nitriles is 3. The average molecular weight is 421 g/mol. The Labute approximate surface area is 183 Å². The second-order valence-corrected chi connectivity index (χ2v) is 8.31. The molecule has 0 spiro atoms. The molecule has 0 saturated carbocycles. The highest BCUT2D eigenvalue weighted by molar-refractivity contribution is 5.89. The van der Waals surface area contributed by atoms with Crippen molar-refractivity contribution in [1.29, 1.82) is 21.2 Å². The molecule has 1 N–H and O–H groups in total. The van der Waals surface area contributed by atoms with E-state index in [9.17, 15) is 15.8 Å². The SMILES string of the molecule is CCCCCCCC1OC2(c3ccc(OC)cc3)OC(=N)C(C#N)(C2C)C1(C#N)C#N. The molecular weight excluding hydrogens is 392 g/mol. The van der Waals surface area contributed by atoms with Crippen molar-refractivity contribution in [2.45, 2.75) is 64.3 Å². The maximum Gasteiger partial charge on any atom is 0.243 e. The topological polar surface area (TPSA) is 123 Å². The lowest BCUT2D eigenvalue weighted by atomic mass is 9.53. The smallest absolute Gasteiger partial charge is 0.243 e. The van der Waals surface area contributed by atoms with E-state index in [1.54, 1.807) is 38.3 Å². The molecule has 7 heteroatoms. The van der Waals surface area contributed by atoms with Crippen LogP contribution in [0.4, 0.5) is 0 Å². The van der Waals surface area contributed by atoms with Crippen LogP contribution in [0.3, 0.4) is 0 Å². The van der Waals surface area contributed by atoms with Crippen molar-refractivity contribution in [3.8, 4) is 24.0 Å². The van der Waals surface area contributed by atoms with Gasteiger partial charge in [-0.1, -0.05) is 46.0 Å². The normalized spacial score (nSPS) is 30.5. The minimum Gasteiger partial charge on any atom is -0.497 e. The van der Waals surface area contributed by atoms with Gasteiger partial charge >= 0.3 is 0 Å². The summed E-state index contributed by atoms with van der Waals surface area (Å²) in [5.74, 6) is -1.87. The van der Waals surface area contributed by atoms with Crippen LogP contribution in [0.15, 0.2) is 24.3 Å². The first kappa shape index (κ1) is 22.6. The summed E-state index contributed by atoms with van der Waals surface area (Å²) in [5, 5.41) is 39.1. The van der Waals surface area contributed by atoms with Crippen molar-refractivity contribution in [3.63, 3.8) is 0 Å². The quantitative estimate of drug-likeness (QED) is 0.603. The number of benzene rings is 1. The highest BCUT2D eigenvalue weighted by atomic mass is 16.7. The minimum absolute atomic E-state index is 0.380. The molecule has 162 valence electrons. The predicted molar refractivity (Wildman–Crippen MR) is 113 cm³/mol. The Hall–Kier alpha value is -3.08. The van der Waals surface area contributed by atoms with E-state index in [0.717, 1.165) is 32.1 Å². The van der Waals surface area contributed by atoms with Crippen LogP contribution in [0, 0.1) is 56.2 Å². The molecule has 0 aromatic heterocycles. The second kappa shape index (κ2) is 8.58. The lowest BCUT2D eigenvalue weighted by Gasteiger charge is -2.48. The summed E-state index contributed by atoms with van der Waals surface area (Å²) in [7, 11) is 1.57. The van der Waals surface area contributed by atoms with Gasteiger partial charge in [0.2, 0.25) is 11.7 Å². The van der Waals surface area contributed by atoms with Crippen LogP contribution in [-0.2, 0) is 15.3 Å². The Morgan fingerprint density at radius 1 is 1.03 bits per heavy atom. The van der Waals surface area contributed by atoms with Crippen molar-refractivity contribution in [1.82, 2.24) is 0 Å². The first-order valence-corrected chi connectivity index (χ1v) is 10.8. The monoisotopic (exact) mass is 420 g/mol. The van der Waals surface area contributed by atoms with Gasteiger partial charge in [-0.3, -0.25) is 5.41 Å². The minimum atomic E-state index is -1.82. The molecule has 2 aliphatic heterocycles. The van der Waals surface area contributed by atoms with Gasteiger partial charge in [-0.15, -0.1) is 0 Å². The fourth-order valence-electron chi connectivity index (χ4n) is 4.99. The molecule has 0 amide bonds. The van der Waals surface area contributed by atoms with Crippen molar-refractivity contribution in [3.05, 3.63) is 29.8 Å². The Morgan fingerprint density at radius 3 is 2.23 bits per heavy atom. The Bertz CT molecular complexity index is 941. The zero-order valence-electron chi connectivity index (χ0n) is 18.3. The molecule has 4 atom stereocenters. The maximum atomic E-state index is 10.3. The molecule has 0 aliphatic carbocycles. The van der Waals surface area contributed by atoms with Crippen LogP contribution in [0.5, 0.6) is 5.75 Å². The predicted octanol–water partition coefficient (Wildman–Crippen LogP) is 4.79. The Balaban J connectivity index is 2.08. The molecule has 2 aliphatic rings. The lowest BCUT2D eigenvalue weighted by Crippen LogP contribution is -2.60. The maximum absolute atomic E-state index is 10.3. The molecule has 3 rings (SSSR count). The first-order chi connectivity index (χ1) is 14.9. The van der Waals surface area contributed by atoms with E-state index >= 15 is 0 Å². The van der Waals surface area contributed by atoms with E-state index in [-0.39, 0.29) is 5.90 Å². The van der Waals surface area contributed by atoms with Crippen LogP contribution in [0.2, 0.25) is 0 Å². The number of hydrogen-bond donors (Lipinski definition) is 1. The van der Waals surface area contributed by atoms with Crippen LogP contribution in [0.25, 0.3) is 0 Å². The van der Waals surface area contributed by atoms with Gasteiger partial charge in [0.1, 0.15) is 5.75 Å². The molecular formula is C24H28N4O3. The van der Waals surface area contributed by atoms with Crippen molar-refractivity contribution in [2.24, 2.45) is 16.7 Å². The molecule has 7 nitrogen and oxygen atoms in total. The molecule has 1 aromatic rings. The third-order valence-electron chi connectivity index (χ3n) is 6.85. The van der Waals surface area contributed by atoms with E-state index in [2.05, 4.69) is 25.1 Å². The van der Waals surface area contributed by atoms with Crippen LogP contribution >= 0.6 is 0 Å². The average Bonchev–Trinajstić information content (AvgIpc) is 2.96. The fourth-order valence-corrected chi connectivity index (χ4v) is 4.99. The standard InChI is InChI=1S/C24H28N4O3/c1-4-5-6-7-8-9-20-22(14-25,15-26)23(16-27)17(2)24(30-20,31-21(23)28)18-10-12-19(29-3)13-11-18/h10-13,17,20,28H,4-9H2,1-3H3. The zero-order valence-corrected chi connectivity index (χ0v) is 18.3. The number of unbranched alkanes of at least 4 members (excludes halogenated alkanes) is 4.